The summed E-state index contributed by atoms with van der Waals surface area (Å²) in [5, 5.41) is 1.38. The highest BCUT2D eigenvalue weighted by Gasteiger charge is 2.32. The van der Waals surface area contributed by atoms with E-state index in [1.54, 1.807) is 0 Å². The van der Waals surface area contributed by atoms with Gasteiger partial charge in [-0.15, -0.1) is 0 Å². The van der Waals surface area contributed by atoms with E-state index in [2.05, 4.69) is 50.7 Å². The van der Waals surface area contributed by atoms with Crippen LogP contribution in [0.5, 0.6) is 0 Å². The van der Waals surface area contributed by atoms with E-state index >= 15 is 0 Å². The summed E-state index contributed by atoms with van der Waals surface area (Å²) in [5.41, 5.74) is 7.26. The zero-order valence-corrected chi connectivity index (χ0v) is 15.1. The Hall–Kier alpha value is -1.50. The first kappa shape index (κ1) is 16.4. The summed E-state index contributed by atoms with van der Waals surface area (Å²) in [7, 11) is 0. The van der Waals surface area contributed by atoms with Gasteiger partial charge in [0.25, 0.3) is 0 Å². The Morgan fingerprint density at radius 1 is 1.17 bits per heavy atom. The van der Waals surface area contributed by atoms with Crippen LogP contribution in [0.15, 0.2) is 24.9 Å². The number of rotatable bonds is 6. The number of allylic oxidation sites excluding steroid dienone is 1. The molecule has 0 saturated heterocycles. The van der Waals surface area contributed by atoms with Crippen molar-refractivity contribution >= 4 is 16.5 Å². The number of aromatic amines is 1. The van der Waals surface area contributed by atoms with Crippen LogP contribution in [-0.2, 0) is 0 Å². The molecule has 23 heavy (non-hydrogen) atoms. The predicted octanol–water partition coefficient (Wildman–Crippen LogP) is 6.94. The maximum atomic E-state index is 4.45. The van der Waals surface area contributed by atoms with Crippen LogP contribution >= 0.6 is 0 Å². The molecule has 0 atom stereocenters. The molecule has 1 nitrogen and oxygen atoms in total. The van der Waals surface area contributed by atoms with Crippen molar-refractivity contribution in [2.75, 3.05) is 0 Å². The lowest BCUT2D eigenvalue weighted by atomic mass is 9.76. The lowest BCUT2D eigenvalue weighted by Crippen LogP contribution is -2.16. The van der Waals surface area contributed by atoms with Gasteiger partial charge in [-0.3, -0.25) is 0 Å². The topological polar surface area (TPSA) is 15.8 Å². The standard InChI is InChI=1S/C22H31N/c1-5-11-22(12-6-7-13-22)14-10-17(3)19-15-23-20-9-8-16(2)18(4)21(19)20/h8-9,15,23H,3,5-7,10-14H2,1-2,4H3. The molecule has 0 bridgehead atoms. The van der Waals surface area contributed by atoms with Crippen molar-refractivity contribution in [2.45, 2.75) is 72.1 Å². The molecule has 1 aromatic carbocycles. The molecule has 0 amide bonds. The average Bonchev–Trinajstić information content (AvgIpc) is 3.17. The number of benzene rings is 1. The van der Waals surface area contributed by atoms with Crippen LogP contribution in [0.4, 0.5) is 0 Å². The molecule has 0 radical (unpaired) electrons. The van der Waals surface area contributed by atoms with E-state index in [1.165, 1.54) is 78.1 Å². The molecule has 2 aromatic rings. The largest absolute Gasteiger partial charge is 0.361 e. The first-order valence-corrected chi connectivity index (χ1v) is 9.32. The number of H-pyrrole nitrogens is 1. The summed E-state index contributed by atoms with van der Waals surface area (Å²) >= 11 is 0. The van der Waals surface area contributed by atoms with Gasteiger partial charge in [0.2, 0.25) is 0 Å². The zero-order valence-electron chi connectivity index (χ0n) is 15.1. The van der Waals surface area contributed by atoms with Gasteiger partial charge >= 0.3 is 0 Å². The summed E-state index contributed by atoms with van der Waals surface area (Å²) in [6.45, 7) is 11.2. The van der Waals surface area contributed by atoms with E-state index in [1.807, 2.05) is 0 Å². The van der Waals surface area contributed by atoms with Crippen LogP contribution < -0.4 is 0 Å². The van der Waals surface area contributed by atoms with Gasteiger partial charge in [-0.05, 0) is 74.1 Å². The second-order valence-electron chi connectivity index (χ2n) is 7.69. The molecule has 0 spiro atoms. The van der Waals surface area contributed by atoms with Crippen molar-refractivity contribution in [1.82, 2.24) is 4.98 Å². The van der Waals surface area contributed by atoms with Gasteiger partial charge in [-0.1, -0.05) is 38.8 Å². The molecule has 124 valence electrons. The molecule has 0 aliphatic heterocycles. The summed E-state index contributed by atoms with van der Waals surface area (Å²) < 4.78 is 0. The highest BCUT2D eigenvalue weighted by atomic mass is 14.7. The fraction of sp³-hybridized carbons (Fsp3) is 0.545. The molecular weight excluding hydrogens is 278 g/mol. The smallest absolute Gasteiger partial charge is 0.0463 e. The quantitative estimate of drug-likeness (QED) is 0.595. The minimum absolute atomic E-state index is 0.606. The SMILES string of the molecule is C=C(CCC1(CCC)CCCC1)c1c[nH]c2ccc(C)c(C)c12. The Kier molecular flexibility index (Phi) is 4.66. The number of nitrogens with one attached hydrogen (secondary N) is 1. The fourth-order valence-electron chi connectivity index (χ4n) is 4.62. The third-order valence-electron chi connectivity index (χ3n) is 6.16. The summed E-state index contributed by atoms with van der Waals surface area (Å²) in [4.78, 5) is 3.44. The molecule has 1 fully saturated rings. The molecule has 0 unspecified atom stereocenters. The van der Waals surface area contributed by atoms with Crippen LogP contribution in [-0.4, -0.2) is 4.98 Å². The van der Waals surface area contributed by atoms with Crippen molar-refractivity contribution < 1.29 is 0 Å². The van der Waals surface area contributed by atoms with Crippen molar-refractivity contribution in [1.29, 1.82) is 0 Å². The summed E-state index contributed by atoms with van der Waals surface area (Å²) in [6.07, 6.45) is 13.1. The van der Waals surface area contributed by atoms with Crippen LogP contribution in [0.25, 0.3) is 16.5 Å². The van der Waals surface area contributed by atoms with Crippen molar-refractivity contribution in [3.8, 4) is 0 Å². The van der Waals surface area contributed by atoms with Gasteiger partial charge in [-0.25, -0.2) is 0 Å². The summed E-state index contributed by atoms with van der Waals surface area (Å²) in [5.74, 6) is 0. The van der Waals surface area contributed by atoms with E-state index in [9.17, 15) is 0 Å². The number of aryl methyl sites for hydroxylation is 2. The summed E-state index contributed by atoms with van der Waals surface area (Å²) in [6, 6.07) is 4.40. The second-order valence-corrected chi connectivity index (χ2v) is 7.69. The highest BCUT2D eigenvalue weighted by molar-refractivity contribution is 5.95. The van der Waals surface area contributed by atoms with Crippen LogP contribution in [0.1, 0.15) is 75.0 Å². The Balaban J connectivity index is 1.80. The Morgan fingerprint density at radius 2 is 1.91 bits per heavy atom. The van der Waals surface area contributed by atoms with E-state index in [0.717, 1.165) is 6.42 Å². The Morgan fingerprint density at radius 3 is 2.61 bits per heavy atom. The maximum absolute atomic E-state index is 4.45. The molecule has 1 aliphatic carbocycles. The second kappa shape index (κ2) is 6.55. The monoisotopic (exact) mass is 309 g/mol. The Labute approximate surface area is 141 Å². The van der Waals surface area contributed by atoms with Gasteiger partial charge in [0.1, 0.15) is 0 Å². The fourth-order valence-corrected chi connectivity index (χ4v) is 4.62. The minimum Gasteiger partial charge on any atom is -0.361 e. The first-order chi connectivity index (χ1) is 11.1. The number of hydrogen-bond acceptors (Lipinski definition) is 0. The third-order valence-corrected chi connectivity index (χ3v) is 6.16. The molecule has 1 saturated carbocycles. The molecular formula is C22H31N. The average molecular weight is 309 g/mol. The normalized spacial score (nSPS) is 17.0. The zero-order chi connectivity index (χ0) is 16.4. The Bertz CT molecular complexity index is 698. The van der Waals surface area contributed by atoms with Gasteiger partial charge in [-0.2, -0.15) is 0 Å². The van der Waals surface area contributed by atoms with Crippen LogP contribution in [0, 0.1) is 19.3 Å². The maximum Gasteiger partial charge on any atom is 0.0463 e. The molecule has 3 rings (SSSR count). The van der Waals surface area contributed by atoms with Crippen molar-refractivity contribution in [3.63, 3.8) is 0 Å². The number of fused-ring (bicyclic) bond motifs is 1. The number of aromatic nitrogens is 1. The van der Waals surface area contributed by atoms with Gasteiger partial charge in [0.05, 0.1) is 0 Å². The van der Waals surface area contributed by atoms with E-state index < -0.39 is 0 Å². The molecule has 1 heteroatoms. The molecule has 1 aromatic heterocycles. The predicted molar refractivity (Wildman–Crippen MR) is 102 cm³/mol. The highest BCUT2D eigenvalue weighted by Crippen LogP contribution is 2.47. The first-order valence-electron chi connectivity index (χ1n) is 9.32. The third kappa shape index (κ3) is 3.11. The van der Waals surface area contributed by atoms with Gasteiger partial charge in [0, 0.05) is 22.7 Å². The molecule has 1 heterocycles. The van der Waals surface area contributed by atoms with Gasteiger partial charge in [0.15, 0.2) is 0 Å². The van der Waals surface area contributed by atoms with E-state index in [4.69, 9.17) is 0 Å². The number of hydrogen-bond donors (Lipinski definition) is 1. The molecule has 1 aliphatic rings. The lowest BCUT2D eigenvalue weighted by Gasteiger charge is -2.29. The molecule has 1 N–H and O–H groups in total. The van der Waals surface area contributed by atoms with Gasteiger partial charge < -0.3 is 4.98 Å². The van der Waals surface area contributed by atoms with E-state index in [0.29, 0.717) is 5.41 Å². The van der Waals surface area contributed by atoms with Crippen LogP contribution in [0.2, 0.25) is 0 Å². The van der Waals surface area contributed by atoms with E-state index in [-0.39, 0.29) is 0 Å². The minimum atomic E-state index is 0.606. The van der Waals surface area contributed by atoms with Crippen molar-refractivity contribution in [3.05, 3.63) is 41.6 Å². The van der Waals surface area contributed by atoms with Crippen LogP contribution in [0.3, 0.4) is 0 Å². The van der Waals surface area contributed by atoms with Crippen molar-refractivity contribution in [2.24, 2.45) is 5.41 Å². The lowest BCUT2D eigenvalue weighted by molar-refractivity contribution is 0.249.